The molecule has 0 bridgehead atoms. The Morgan fingerprint density at radius 1 is 1.11 bits per heavy atom. The maximum Gasteiger partial charge on any atom is 1.00 e. The molecule has 4 unspecified atom stereocenters. The van der Waals surface area contributed by atoms with Gasteiger partial charge in [0.05, 0.1) is 10.2 Å². The number of hydrogen-bond donors (Lipinski definition) is 0. The van der Waals surface area contributed by atoms with Gasteiger partial charge in [-0.05, 0) is 49.3 Å². The first kappa shape index (κ1) is 27.3. The van der Waals surface area contributed by atoms with Crippen LogP contribution in [0.2, 0.25) is 0 Å². The second-order valence-electron chi connectivity index (χ2n) is 6.60. The van der Waals surface area contributed by atoms with E-state index in [1.807, 2.05) is 12.1 Å². The molecule has 1 saturated carbocycles. The Morgan fingerprint density at radius 2 is 1.68 bits per heavy atom. The van der Waals surface area contributed by atoms with Crippen molar-refractivity contribution in [3.8, 4) is 0 Å². The van der Waals surface area contributed by atoms with E-state index in [-0.39, 0.29) is 75.8 Å². The fourth-order valence-electron chi connectivity index (χ4n) is 3.37. The van der Waals surface area contributed by atoms with E-state index in [1.165, 1.54) is 0 Å². The summed E-state index contributed by atoms with van der Waals surface area (Å²) < 4.78 is 69.4. The van der Waals surface area contributed by atoms with Crippen LogP contribution in [0.15, 0.2) is 22.5 Å². The molecule has 4 atom stereocenters. The van der Waals surface area contributed by atoms with E-state index in [9.17, 15) is 25.9 Å². The predicted octanol–water partition coefficient (Wildman–Crippen LogP) is -4.45. The minimum absolute atomic E-state index is 0. The third-order valence-electron chi connectivity index (χ3n) is 4.54. The number of hydrogen-bond acceptors (Lipinski definition) is 8. The molecule has 0 amide bonds. The van der Waals surface area contributed by atoms with Crippen molar-refractivity contribution in [3.63, 3.8) is 0 Å². The van der Waals surface area contributed by atoms with E-state index in [4.69, 9.17) is 0 Å². The summed E-state index contributed by atoms with van der Waals surface area (Å²) in [5.41, 5.74) is 1.51. The van der Waals surface area contributed by atoms with Gasteiger partial charge >= 0.3 is 59.1 Å². The van der Waals surface area contributed by atoms with Gasteiger partial charge in [-0.1, -0.05) is 28.2 Å². The molecule has 7 nitrogen and oxygen atoms in total. The van der Waals surface area contributed by atoms with Crippen LogP contribution < -0.4 is 59.1 Å². The number of nitrogens with zero attached hydrogens (tertiary/aromatic N) is 1. The SMILES string of the molecule is CS(=O)(=O)c1nc2ccc(CC3CC(S(=O)[O-])CC(S(=O)[O-])C3)cc2s1.[Na+].[Na+]. The van der Waals surface area contributed by atoms with Crippen molar-refractivity contribution in [2.75, 3.05) is 6.26 Å². The third-order valence-corrected chi connectivity index (χ3v) is 9.09. The van der Waals surface area contributed by atoms with Crippen molar-refractivity contribution >= 4 is 53.6 Å². The van der Waals surface area contributed by atoms with Crippen molar-refractivity contribution in [3.05, 3.63) is 23.8 Å². The van der Waals surface area contributed by atoms with Crippen LogP contribution in [0.4, 0.5) is 0 Å². The van der Waals surface area contributed by atoms with Crippen molar-refractivity contribution in [2.45, 2.75) is 40.5 Å². The van der Waals surface area contributed by atoms with Gasteiger partial charge in [0.1, 0.15) is 0 Å². The number of rotatable bonds is 5. The van der Waals surface area contributed by atoms with Gasteiger partial charge in [0.25, 0.3) is 0 Å². The van der Waals surface area contributed by atoms with E-state index in [0.717, 1.165) is 27.9 Å². The molecule has 1 aliphatic carbocycles. The molecule has 1 aliphatic rings. The molecule has 2 aromatic rings. The molecule has 1 aromatic heterocycles. The zero-order chi connectivity index (χ0) is 19.1. The Morgan fingerprint density at radius 3 is 2.18 bits per heavy atom. The summed E-state index contributed by atoms with van der Waals surface area (Å²) >= 11 is -3.49. The molecule has 0 aliphatic heterocycles. The van der Waals surface area contributed by atoms with Gasteiger partial charge in [0, 0.05) is 16.8 Å². The quantitative estimate of drug-likeness (QED) is 0.311. The van der Waals surface area contributed by atoms with Gasteiger partial charge in [-0.15, -0.1) is 11.3 Å². The van der Waals surface area contributed by atoms with E-state index in [2.05, 4.69) is 4.98 Å². The molecule has 0 saturated heterocycles. The zero-order valence-corrected chi connectivity index (χ0v) is 23.1. The summed E-state index contributed by atoms with van der Waals surface area (Å²) in [6, 6.07) is 5.42. The normalized spacial score (nSPS) is 24.8. The molecule has 3 rings (SSSR count). The summed E-state index contributed by atoms with van der Waals surface area (Å²) in [4.78, 5) is 4.11. The molecule has 28 heavy (non-hydrogen) atoms. The maximum absolute atomic E-state index is 11.6. The zero-order valence-electron chi connectivity index (χ0n) is 15.8. The largest absolute Gasteiger partial charge is 1.00 e. The number of aromatic nitrogens is 1. The molecule has 144 valence electrons. The Hall–Kier alpha value is 1.28. The summed E-state index contributed by atoms with van der Waals surface area (Å²) in [6.07, 6.45) is 2.66. The van der Waals surface area contributed by atoms with E-state index in [0.29, 0.717) is 24.8 Å². The summed E-state index contributed by atoms with van der Waals surface area (Å²) in [5.74, 6) is -0.0608. The molecule has 0 radical (unpaired) electrons. The van der Waals surface area contributed by atoms with Crippen LogP contribution in [0, 0.1) is 5.92 Å². The average molecular weight is 482 g/mol. The van der Waals surface area contributed by atoms with Gasteiger partial charge in [-0.3, -0.25) is 8.42 Å². The van der Waals surface area contributed by atoms with Crippen molar-refractivity contribution in [1.29, 1.82) is 0 Å². The van der Waals surface area contributed by atoms with Crippen LogP contribution in [0.1, 0.15) is 24.8 Å². The number of sulfone groups is 1. The maximum atomic E-state index is 11.6. The van der Waals surface area contributed by atoms with Crippen LogP contribution >= 0.6 is 11.3 Å². The van der Waals surface area contributed by atoms with Crippen LogP contribution in [-0.2, 0) is 38.4 Å². The molecule has 0 spiro atoms. The predicted molar refractivity (Wildman–Crippen MR) is 99.2 cm³/mol. The number of fused-ring (bicyclic) bond motifs is 1. The van der Waals surface area contributed by atoms with Crippen LogP contribution in [0.3, 0.4) is 0 Å². The minimum Gasteiger partial charge on any atom is -0.772 e. The van der Waals surface area contributed by atoms with Crippen LogP contribution in [0.25, 0.3) is 10.2 Å². The van der Waals surface area contributed by atoms with Crippen molar-refractivity contribution < 1.29 is 85.1 Å². The summed E-state index contributed by atoms with van der Waals surface area (Å²) in [5, 5.41) is -1.30. The second kappa shape index (κ2) is 11.2. The van der Waals surface area contributed by atoms with Crippen LogP contribution in [-0.4, -0.2) is 47.7 Å². The molecular weight excluding hydrogens is 464 g/mol. The molecule has 0 N–H and O–H groups in total. The molecular formula is C15H17NNa2O6S4. The monoisotopic (exact) mass is 481 g/mol. The molecule has 1 fully saturated rings. The average Bonchev–Trinajstić information content (AvgIpc) is 2.98. The first-order chi connectivity index (χ1) is 12.1. The molecule has 1 aromatic carbocycles. The first-order valence-corrected chi connectivity index (χ1v) is 12.9. The van der Waals surface area contributed by atoms with Gasteiger partial charge < -0.3 is 9.11 Å². The summed E-state index contributed by atoms with van der Waals surface area (Å²) in [7, 11) is -3.37. The fourth-order valence-corrected chi connectivity index (χ4v) is 7.03. The standard InChI is InChI=1S/C15H19NO6S4.2Na/c1-26(21,22)15-16-13-3-2-9(7-14(13)23-15)4-10-5-11(24(17)18)8-12(6-10)25(19)20;;/h2-3,7,10-12H,4-6,8H2,1H3,(H,17,18)(H,19,20);;/q;2*+1/p-2. The van der Waals surface area contributed by atoms with Crippen molar-refractivity contribution in [1.82, 2.24) is 4.98 Å². The smallest absolute Gasteiger partial charge is 0.772 e. The van der Waals surface area contributed by atoms with Crippen LogP contribution in [0.5, 0.6) is 0 Å². The first-order valence-electron chi connectivity index (χ1n) is 7.89. The molecule has 13 heteroatoms. The Kier molecular flexibility index (Phi) is 11.0. The fraction of sp³-hybridized carbons (Fsp3) is 0.533. The minimum atomic E-state index is -3.37. The third kappa shape index (κ3) is 6.89. The van der Waals surface area contributed by atoms with Gasteiger partial charge in [-0.2, -0.15) is 0 Å². The van der Waals surface area contributed by atoms with Gasteiger partial charge in [0.15, 0.2) is 0 Å². The Labute approximate surface area is 217 Å². The summed E-state index contributed by atoms with van der Waals surface area (Å²) in [6.45, 7) is 0. The van der Waals surface area contributed by atoms with E-state index < -0.39 is 42.5 Å². The molecule has 1 heterocycles. The van der Waals surface area contributed by atoms with Gasteiger partial charge in [0.2, 0.25) is 14.2 Å². The second-order valence-corrected chi connectivity index (χ2v) is 12.2. The van der Waals surface area contributed by atoms with E-state index in [1.54, 1.807) is 6.07 Å². The van der Waals surface area contributed by atoms with E-state index >= 15 is 0 Å². The van der Waals surface area contributed by atoms with Gasteiger partial charge in [-0.25, -0.2) is 13.4 Å². The topological polar surface area (TPSA) is 127 Å². The Balaban J connectivity index is 0.00000196. The number of thiazole rings is 1. The number of benzene rings is 1. The Bertz CT molecular complexity index is 958. The van der Waals surface area contributed by atoms with Crippen molar-refractivity contribution in [2.24, 2.45) is 5.92 Å².